The molecule has 0 N–H and O–H groups in total. The van der Waals surface area contributed by atoms with Crippen molar-refractivity contribution in [3.05, 3.63) is 23.8 Å². The Labute approximate surface area is 112 Å². The van der Waals surface area contributed by atoms with E-state index in [0.29, 0.717) is 19.3 Å². The van der Waals surface area contributed by atoms with Crippen molar-refractivity contribution in [1.82, 2.24) is 0 Å². The number of sulfonamides is 1. The van der Waals surface area contributed by atoms with Gasteiger partial charge in [0.1, 0.15) is 0 Å². The summed E-state index contributed by atoms with van der Waals surface area (Å²) in [5.74, 6) is 0.0522. The molecule has 1 aromatic rings. The lowest BCUT2D eigenvalue weighted by atomic mass is 10.2. The standard InChI is InChI=1S/C11H13NO5S2/c1-18(14,15)11-7-10(4-3-9(11)8-13)12-5-2-6-19(12,16)17/h3-4,7-8H,2,5-6H2,1H3. The quantitative estimate of drug-likeness (QED) is 0.756. The predicted octanol–water partition coefficient (Wildman–Crippen LogP) is 0.442. The number of anilines is 1. The van der Waals surface area contributed by atoms with Crippen molar-refractivity contribution in [1.29, 1.82) is 0 Å². The molecule has 0 spiro atoms. The van der Waals surface area contributed by atoms with Crippen molar-refractivity contribution in [2.75, 3.05) is 22.9 Å². The Kier molecular flexibility index (Phi) is 3.40. The number of hydrogen-bond acceptors (Lipinski definition) is 5. The predicted molar refractivity (Wildman–Crippen MR) is 70.7 cm³/mol. The minimum absolute atomic E-state index is 0.0304. The molecule has 0 unspecified atom stereocenters. The fraction of sp³-hybridized carbons (Fsp3) is 0.364. The van der Waals surface area contributed by atoms with Gasteiger partial charge in [0.15, 0.2) is 16.1 Å². The van der Waals surface area contributed by atoms with Gasteiger partial charge in [-0.15, -0.1) is 0 Å². The molecule has 6 nitrogen and oxygen atoms in total. The van der Waals surface area contributed by atoms with Gasteiger partial charge in [-0.2, -0.15) is 0 Å². The summed E-state index contributed by atoms with van der Waals surface area (Å²) < 4.78 is 48.0. The molecule has 0 aromatic heterocycles. The number of sulfone groups is 1. The van der Waals surface area contributed by atoms with E-state index in [2.05, 4.69) is 0 Å². The van der Waals surface area contributed by atoms with E-state index in [0.717, 1.165) is 6.26 Å². The van der Waals surface area contributed by atoms with Crippen LogP contribution in [0.4, 0.5) is 5.69 Å². The summed E-state index contributed by atoms with van der Waals surface area (Å²) in [6, 6.07) is 4.01. The summed E-state index contributed by atoms with van der Waals surface area (Å²) in [5, 5.41) is 0. The highest BCUT2D eigenvalue weighted by atomic mass is 32.2. The highest BCUT2D eigenvalue weighted by Crippen LogP contribution is 2.27. The third-order valence-electron chi connectivity index (χ3n) is 2.91. The van der Waals surface area contributed by atoms with Crippen LogP contribution in [0, 0.1) is 0 Å². The van der Waals surface area contributed by atoms with Crippen LogP contribution in [0.5, 0.6) is 0 Å². The Morgan fingerprint density at radius 2 is 2.00 bits per heavy atom. The normalized spacial score (nSPS) is 18.5. The molecular weight excluding hydrogens is 290 g/mol. The second-order valence-corrected chi connectivity index (χ2v) is 8.35. The Morgan fingerprint density at radius 1 is 1.32 bits per heavy atom. The van der Waals surface area contributed by atoms with Crippen LogP contribution < -0.4 is 4.31 Å². The Balaban J connectivity index is 2.59. The SMILES string of the molecule is CS(=O)(=O)c1cc(N2CCCS2(=O)=O)ccc1C=O. The molecule has 104 valence electrons. The summed E-state index contributed by atoms with van der Waals surface area (Å²) in [6.45, 7) is 0.325. The molecule has 8 heteroatoms. The van der Waals surface area contributed by atoms with Gasteiger partial charge in [0.25, 0.3) is 0 Å². The first kappa shape index (κ1) is 14.0. The molecule has 0 aliphatic carbocycles. The number of carbonyl (C=O) groups is 1. The van der Waals surface area contributed by atoms with Gasteiger partial charge in [-0.05, 0) is 24.6 Å². The first-order valence-corrected chi connectivity index (χ1v) is 9.05. The van der Waals surface area contributed by atoms with Gasteiger partial charge in [-0.1, -0.05) is 0 Å². The second-order valence-electron chi connectivity index (χ2n) is 4.35. The van der Waals surface area contributed by atoms with Gasteiger partial charge in [0, 0.05) is 18.4 Å². The summed E-state index contributed by atoms with van der Waals surface area (Å²) in [7, 11) is -6.96. The molecular formula is C11H13NO5S2. The minimum Gasteiger partial charge on any atom is -0.298 e. The molecule has 2 rings (SSSR count). The van der Waals surface area contributed by atoms with E-state index in [1.165, 1.54) is 22.5 Å². The maximum absolute atomic E-state index is 11.8. The molecule has 1 aliphatic heterocycles. The zero-order valence-corrected chi connectivity index (χ0v) is 11.9. The topological polar surface area (TPSA) is 88.6 Å². The molecule has 1 saturated heterocycles. The van der Waals surface area contributed by atoms with Gasteiger partial charge in [0.2, 0.25) is 10.0 Å². The van der Waals surface area contributed by atoms with Crippen molar-refractivity contribution in [2.45, 2.75) is 11.3 Å². The monoisotopic (exact) mass is 303 g/mol. The van der Waals surface area contributed by atoms with Crippen molar-refractivity contribution in [3.63, 3.8) is 0 Å². The maximum atomic E-state index is 11.8. The summed E-state index contributed by atoms with van der Waals surface area (Å²) in [4.78, 5) is 10.7. The molecule has 0 amide bonds. The van der Waals surface area contributed by atoms with Gasteiger partial charge in [0.05, 0.1) is 16.3 Å². The molecule has 0 saturated carbocycles. The lowest BCUT2D eigenvalue weighted by Gasteiger charge is -2.18. The van der Waals surface area contributed by atoms with Crippen LogP contribution >= 0.6 is 0 Å². The average molecular weight is 303 g/mol. The van der Waals surface area contributed by atoms with Gasteiger partial charge in [-0.3, -0.25) is 9.10 Å². The van der Waals surface area contributed by atoms with Crippen LogP contribution in [-0.4, -0.2) is 41.7 Å². The van der Waals surface area contributed by atoms with Crippen LogP contribution in [0.2, 0.25) is 0 Å². The number of carbonyl (C=O) groups excluding carboxylic acids is 1. The Bertz CT molecular complexity index is 721. The molecule has 0 bridgehead atoms. The molecule has 1 aliphatic rings. The van der Waals surface area contributed by atoms with Crippen molar-refractivity contribution < 1.29 is 21.6 Å². The second kappa shape index (κ2) is 4.61. The first-order valence-electron chi connectivity index (χ1n) is 5.55. The van der Waals surface area contributed by atoms with Crippen LogP contribution in [-0.2, 0) is 19.9 Å². The van der Waals surface area contributed by atoms with E-state index in [1.54, 1.807) is 0 Å². The zero-order chi connectivity index (χ0) is 14.3. The van der Waals surface area contributed by atoms with Gasteiger partial charge >= 0.3 is 0 Å². The summed E-state index contributed by atoms with van der Waals surface area (Å²) in [5.41, 5.74) is 0.311. The fourth-order valence-corrected chi connectivity index (χ4v) is 4.46. The number of hydrogen-bond donors (Lipinski definition) is 0. The van der Waals surface area contributed by atoms with E-state index in [-0.39, 0.29) is 21.9 Å². The van der Waals surface area contributed by atoms with Crippen molar-refractivity contribution in [3.8, 4) is 0 Å². The lowest BCUT2D eigenvalue weighted by molar-refractivity contribution is 0.112. The molecule has 19 heavy (non-hydrogen) atoms. The maximum Gasteiger partial charge on any atom is 0.235 e. The first-order chi connectivity index (χ1) is 8.75. The van der Waals surface area contributed by atoms with E-state index >= 15 is 0 Å². The highest BCUT2D eigenvalue weighted by Gasteiger charge is 2.29. The molecule has 1 heterocycles. The van der Waals surface area contributed by atoms with E-state index in [4.69, 9.17) is 0 Å². The molecule has 0 atom stereocenters. The third kappa shape index (κ3) is 2.64. The van der Waals surface area contributed by atoms with Crippen LogP contribution in [0.25, 0.3) is 0 Å². The third-order valence-corrected chi connectivity index (χ3v) is 5.93. The van der Waals surface area contributed by atoms with Gasteiger partial charge in [-0.25, -0.2) is 16.8 Å². The lowest BCUT2D eigenvalue weighted by Crippen LogP contribution is -2.25. The number of nitrogens with zero attached hydrogens (tertiary/aromatic N) is 1. The largest absolute Gasteiger partial charge is 0.298 e. The Morgan fingerprint density at radius 3 is 2.47 bits per heavy atom. The van der Waals surface area contributed by atoms with Gasteiger partial charge < -0.3 is 0 Å². The van der Waals surface area contributed by atoms with Crippen molar-refractivity contribution >= 4 is 31.8 Å². The minimum atomic E-state index is -3.59. The van der Waals surface area contributed by atoms with Crippen LogP contribution in [0.15, 0.2) is 23.1 Å². The molecule has 1 fully saturated rings. The number of rotatable bonds is 3. The van der Waals surface area contributed by atoms with Crippen LogP contribution in [0.1, 0.15) is 16.8 Å². The Hall–Kier alpha value is -1.41. The van der Waals surface area contributed by atoms with Crippen molar-refractivity contribution in [2.24, 2.45) is 0 Å². The summed E-state index contributed by atoms with van der Waals surface area (Å²) in [6.07, 6.45) is 1.93. The zero-order valence-electron chi connectivity index (χ0n) is 10.2. The van der Waals surface area contributed by atoms with E-state index < -0.39 is 19.9 Å². The smallest absolute Gasteiger partial charge is 0.235 e. The van der Waals surface area contributed by atoms with E-state index in [9.17, 15) is 21.6 Å². The molecule has 0 radical (unpaired) electrons. The van der Waals surface area contributed by atoms with Crippen LogP contribution in [0.3, 0.4) is 0 Å². The molecule has 1 aromatic carbocycles. The average Bonchev–Trinajstić information content (AvgIpc) is 2.67. The fourth-order valence-electron chi connectivity index (χ4n) is 2.03. The number of aldehydes is 1. The van der Waals surface area contributed by atoms with E-state index in [1.807, 2.05) is 0 Å². The highest BCUT2D eigenvalue weighted by molar-refractivity contribution is 7.93. The number of benzene rings is 1. The summed E-state index contributed by atoms with van der Waals surface area (Å²) >= 11 is 0.